The average Bonchev–Trinajstić information content (AvgIpc) is 2.25. The highest BCUT2D eigenvalue weighted by atomic mass is 79.9. The molecule has 0 saturated heterocycles. The Balaban J connectivity index is 2.82. The summed E-state index contributed by atoms with van der Waals surface area (Å²) in [5.74, 6) is 1.08. The van der Waals surface area contributed by atoms with Gasteiger partial charge in [-0.15, -0.1) is 0 Å². The standard InChI is InChI=1S/C12H20BrN3/c1-3-6-16(7-4-5-14)12-10(2)8-11(13)9-15-12/h8-9H,3-7,14H2,1-2H3. The van der Waals surface area contributed by atoms with Crippen molar-refractivity contribution in [1.82, 2.24) is 4.98 Å². The highest BCUT2D eigenvalue weighted by Gasteiger charge is 2.09. The molecule has 0 aliphatic rings. The number of rotatable bonds is 6. The monoisotopic (exact) mass is 285 g/mol. The van der Waals surface area contributed by atoms with Gasteiger partial charge in [0.15, 0.2) is 0 Å². The van der Waals surface area contributed by atoms with E-state index < -0.39 is 0 Å². The lowest BCUT2D eigenvalue weighted by molar-refractivity contribution is 0.709. The van der Waals surface area contributed by atoms with Gasteiger partial charge in [0, 0.05) is 23.8 Å². The average molecular weight is 286 g/mol. The summed E-state index contributed by atoms with van der Waals surface area (Å²) in [5, 5.41) is 0. The van der Waals surface area contributed by atoms with Crippen molar-refractivity contribution >= 4 is 21.7 Å². The Morgan fingerprint density at radius 3 is 2.75 bits per heavy atom. The molecule has 90 valence electrons. The Labute approximate surface area is 106 Å². The first kappa shape index (κ1) is 13.5. The third kappa shape index (κ3) is 3.76. The number of pyridine rings is 1. The van der Waals surface area contributed by atoms with E-state index in [1.54, 1.807) is 0 Å². The van der Waals surface area contributed by atoms with Crippen LogP contribution in [0.2, 0.25) is 0 Å². The number of anilines is 1. The van der Waals surface area contributed by atoms with Crippen molar-refractivity contribution in [3.63, 3.8) is 0 Å². The summed E-state index contributed by atoms with van der Waals surface area (Å²) in [6.07, 6.45) is 3.99. The van der Waals surface area contributed by atoms with Crippen molar-refractivity contribution < 1.29 is 0 Å². The Morgan fingerprint density at radius 2 is 2.19 bits per heavy atom. The zero-order valence-electron chi connectivity index (χ0n) is 10.0. The molecule has 0 unspecified atom stereocenters. The van der Waals surface area contributed by atoms with Gasteiger partial charge in [-0.25, -0.2) is 4.98 Å². The molecule has 0 spiro atoms. The molecule has 0 fully saturated rings. The predicted molar refractivity (Wildman–Crippen MR) is 72.8 cm³/mol. The van der Waals surface area contributed by atoms with Crippen LogP contribution in [0.3, 0.4) is 0 Å². The molecule has 1 aromatic heterocycles. The molecule has 0 bridgehead atoms. The predicted octanol–water partition coefficient (Wildman–Crippen LogP) is 2.72. The molecule has 0 radical (unpaired) electrons. The number of halogens is 1. The highest BCUT2D eigenvalue weighted by Crippen LogP contribution is 2.20. The molecule has 0 amide bonds. The molecular weight excluding hydrogens is 266 g/mol. The summed E-state index contributed by atoms with van der Waals surface area (Å²) >= 11 is 3.44. The van der Waals surface area contributed by atoms with E-state index in [1.165, 1.54) is 5.56 Å². The maximum absolute atomic E-state index is 5.56. The van der Waals surface area contributed by atoms with Crippen LogP contribution >= 0.6 is 15.9 Å². The number of aryl methyl sites for hydroxylation is 1. The number of hydrogen-bond acceptors (Lipinski definition) is 3. The Morgan fingerprint density at radius 1 is 1.44 bits per heavy atom. The molecule has 0 aliphatic carbocycles. The highest BCUT2D eigenvalue weighted by molar-refractivity contribution is 9.10. The smallest absolute Gasteiger partial charge is 0.131 e. The number of nitrogens with two attached hydrogens (primary N) is 1. The fraction of sp³-hybridized carbons (Fsp3) is 0.583. The Hall–Kier alpha value is -0.610. The molecule has 1 heterocycles. The maximum Gasteiger partial charge on any atom is 0.131 e. The van der Waals surface area contributed by atoms with E-state index in [9.17, 15) is 0 Å². The third-order valence-electron chi connectivity index (χ3n) is 2.44. The summed E-state index contributed by atoms with van der Waals surface area (Å²) in [7, 11) is 0. The van der Waals surface area contributed by atoms with Gasteiger partial charge >= 0.3 is 0 Å². The van der Waals surface area contributed by atoms with E-state index in [1.807, 2.05) is 6.20 Å². The minimum absolute atomic E-state index is 0.732. The minimum Gasteiger partial charge on any atom is -0.356 e. The van der Waals surface area contributed by atoms with Crippen molar-refractivity contribution in [1.29, 1.82) is 0 Å². The lowest BCUT2D eigenvalue weighted by Gasteiger charge is -2.24. The van der Waals surface area contributed by atoms with Crippen molar-refractivity contribution in [3.8, 4) is 0 Å². The molecule has 0 aromatic carbocycles. The molecule has 0 aliphatic heterocycles. The van der Waals surface area contributed by atoms with Crippen molar-refractivity contribution in [2.45, 2.75) is 26.7 Å². The van der Waals surface area contributed by atoms with E-state index in [0.29, 0.717) is 0 Å². The largest absolute Gasteiger partial charge is 0.356 e. The van der Waals surface area contributed by atoms with Crippen molar-refractivity contribution in [2.75, 3.05) is 24.5 Å². The third-order valence-corrected chi connectivity index (χ3v) is 2.88. The van der Waals surface area contributed by atoms with E-state index >= 15 is 0 Å². The lowest BCUT2D eigenvalue weighted by atomic mass is 10.2. The Kier molecular flexibility index (Phi) is 5.77. The van der Waals surface area contributed by atoms with Crippen LogP contribution in [0.1, 0.15) is 25.3 Å². The number of aromatic nitrogens is 1. The van der Waals surface area contributed by atoms with Crippen LogP contribution in [0, 0.1) is 6.92 Å². The zero-order valence-corrected chi connectivity index (χ0v) is 11.6. The summed E-state index contributed by atoms with van der Waals surface area (Å²) in [5.41, 5.74) is 6.77. The van der Waals surface area contributed by atoms with Gasteiger partial charge in [-0.1, -0.05) is 6.92 Å². The fourth-order valence-electron chi connectivity index (χ4n) is 1.74. The van der Waals surface area contributed by atoms with Gasteiger partial charge in [-0.3, -0.25) is 0 Å². The van der Waals surface area contributed by atoms with Crippen molar-refractivity contribution in [3.05, 3.63) is 22.3 Å². The Bertz CT molecular complexity index is 328. The second-order valence-corrected chi connectivity index (χ2v) is 4.84. The summed E-state index contributed by atoms with van der Waals surface area (Å²) in [6, 6.07) is 2.10. The van der Waals surface area contributed by atoms with E-state index in [-0.39, 0.29) is 0 Å². The van der Waals surface area contributed by atoms with Gasteiger partial charge in [-0.05, 0) is 53.9 Å². The molecule has 4 heteroatoms. The molecule has 16 heavy (non-hydrogen) atoms. The number of nitrogens with zero attached hydrogens (tertiary/aromatic N) is 2. The quantitative estimate of drug-likeness (QED) is 0.874. The van der Waals surface area contributed by atoms with E-state index in [4.69, 9.17) is 5.73 Å². The van der Waals surface area contributed by atoms with Crippen LogP contribution in [0.4, 0.5) is 5.82 Å². The van der Waals surface area contributed by atoms with Crippen LogP contribution in [0.25, 0.3) is 0 Å². The maximum atomic E-state index is 5.56. The minimum atomic E-state index is 0.732. The first-order valence-corrected chi connectivity index (χ1v) is 6.55. The van der Waals surface area contributed by atoms with Gasteiger partial charge in [0.2, 0.25) is 0 Å². The zero-order chi connectivity index (χ0) is 12.0. The molecule has 2 N–H and O–H groups in total. The van der Waals surface area contributed by atoms with Gasteiger partial charge in [0.05, 0.1) is 0 Å². The van der Waals surface area contributed by atoms with Gasteiger partial charge in [-0.2, -0.15) is 0 Å². The molecular formula is C12H20BrN3. The topological polar surface area (TPSA) is 42.1 Å². The van der Waals surface area contributed by atoms with Gasteiger partial charge in [0.1, 0.15) is 5.82 Å². The van der Waals surface area contributed by atoms with Crippen molar-refractivity contribution in [2.24, 2.45) is 5.73 Å². The second-order valence-electron chi connectivity index (χ2n) is 3.92. The molecule has 1 aromatic rings. The number of hydrogen-bond donors (Lipinski definition) is 1. The lowest BCUT2D eigenvalue weighted by Crippen LogP contribution is -2.28. The van der Waals surface area contributed by atoms with Crippen LogP contribution in [-0.2, 0) is 0 Å². The van der Waals surface area contributed by atoms with E-state index in [2.05, 4.69) is 45.7 Å². The normalized spacial score (nSPS) is 10.5. The second kappa shape index (κ2) is 6.86. The van der Waals surface area contributed by atoms with E-state index in [0.717, 1.165) is 42.8 Å². The summed E-state index contributed by atoms with van der Waals surface area (Å²) in [4.78, 5) is 6.80. The summed E-state index contributed by atoms with van der Waals surface area (Å²) in [6.45, 7) is 7.03. The van der Waals surface area contributed by atoms with Crippen LogP contribution in [0.15, 0.2) is 16.7 Å². The first-order valence-electron chi connectivity index (χ1n) is 5.76. The molecule has 0 atom stereocenters. The first-order chi connectivity index (χ1) is 7.69. The van der Waals surface area contributed by atoms with Crippen LogP contribution in [-0.4, -0.2) is 24.6 Å². The van der Waals surface area contributed by atoms with Crippen LogP contribution < -0.4 is 10.6 Å². The molecule has 3 nitrogen and oxygen atoms in total. The molecule has 0 saturated carbocycles. The SMILES string of the molecule is CCCN(CCCN)c1ncc(Br)cc1C. The molecule has 1 rings (SSSR count). The van der Waals surface area contributed by atoms with Gasteiger partial charge < -0.3 is 10.6 Å². The fourth-order valence-corrected chi connectivity index (χ4v) is 2.19. The summed E-state index contributed by atoms with van der Waals surface area (Å²) < 4.78 is 1.03. The van der Waals surface area contributed by atoms with Gasteiger partial charge in [0.25, 0.3) is 0 Å². The van der Waals surface area contributed by atoms with Crippen LogP contribution in [0.5, 0.6) is 0 Å².